The molecule has 3 aromatic carbocycles. The fraction of sp³-hybridized carbons (Fsp3) is 0.280. The van der Waals surface area contributed by atoms with Crippen LogP contribution >= 0.6 is 11.6 Å². The fourth-order valence-electron chi connectivity index (χ4n) is 3.18. The smallest absolute Gasteiger partial charge is 0.118 e. The Labute approximate surface area is 178 Å². The summed E-state index contributed by atoms with van der Waals surface area (Å²) < 4.78 is 11.4. The lowest BCUT2D eigenvalue weighted by molar-refractivity contribution is 0.0772. The molecule has 0 heterocycles. The molecule has 0 radical (unpaired) electrons. The third kappa shape index (κ3) is 6.90. The Morgan fingerprint density at radius 1 is 0.828 bits per heavy atom. The van der Waals surface area contributed by atoms with Gasteiger partial charge in [0, 0.05) is 18.2 Å². The molecule has 1 N–H and O–H groups in total. The monoisotopic (exact) mass is 409 g/mol. The molecule has 1 unspecified atom stereocenters. The first kappa shape index (κ1) is 21.4. The second-order valence-corrected chi connectivity index (χ2v) is 7.38. The quantitative estimate of drug-likeness (QED) is 0.392. The lowest BCUT2D eigenvalue weighted by Gasteiger charge is -2.19. The molecule has 3 rings (SSSR count). The SMILES string of the molecule is COc1ccc(CNCCCCOC(c2ccccc2)c2ccc(Cl)cc2)cc1. The molecule has 0 saturated carbocycles. The molecule has 0 aromatic heterocycles. The van der Waals surface area contributed by atoms with Crippen LogP contribution in [0.5, 0.6) is 5.75 Å². The van der Waals surface area contributed by atoms with Crippen LogP contribution in [0.1, 0.15) is 35.6 Å². The first-order valence-electron chi connectivity index (χ1n) is 10.0. The zero-order valence-corrected chi connectivity index (χ0v) is 17.6. The average Bonchev–Trinajstić information content (AvgIpc) is 2.77. The van der Waals surface area contributed by atoms with E-state index in [2.05, 4.69) is 29.6 Å². The molecule has 3 aromatic rings. The number of nitrogens with one attached hydrogen (secondary N) is 1. The average molecular weight is 410 g/mol. The minimum atomic E-state index is -0.0688. The number of halogens is 1. The van der Waals surface area contributed by atoms with Gasteiger partial charge in [0.05, 0.1) is 7.11 Å². The second kappa shape index (κ2) is 11.6. The van der Waals surface area contributed by atoms with Crippen molar-refractivity contribution in [3.05, 3.63) is 101 Å². The molecule has 0 aliphatic carbocycles. The topological polar surface area (TPSA) is 30.5 Å². The van der Waals surface area contributed by atoms with Crippen molar-refractivity contribution < 1.29 is 9.47 Å². The van der Waals surface area contributed by atoms with Crippen LogP contribution in [-0.4, -0.2) is 20.3 Å². The molecule has 0 aliphatic rings. The Morgan fingerprint density at radius 3 is 2.21 bits per heavy atom. The molecule has 3 nitrogen and oxygen atoms in total. The van der Waals surface area contributed by atoms with E-state index in [1.807, 2.05) is 54.6 Å². The van der Waals surface area contributed by atoms with Gasteiger partial charge in [0.1, 0.15) is 11.9 Å². The first-order chi connectivity index (χ1) is 14.3. The van der Waals surface area contributed by atoms with E-state index in [4.69, 9.17) is 21.1 Å². The molecule has 1 atom stereocenters. The van der Waals surface area contributed by atoms with Gasteiger partial charge in [0.25, 0.3) is 0 Å². The number of hydrogen-bond acceptors (Lipinski definition) is 3. The highest BCUT2D eigenvalue weighted by Gasteiger charge is 2.14. The van der Waals surface area contributed by atoms with Gasteiger partial charge in [0.2, 0.25) is 0 Å². The molecule has 0 amide bonds. The predicted octanol–water partition coefficient (Wildman–Crippen LogP) is 6.02. The van der Waals surface area contributed by atoms with Crippen LogP contribution in [0.15, 0.2) is 78.9 Å². The largest absolute Gasteiger partial charge is 0.497 e. The lowest BCUT2D eigenvalue weighted by Crippen LogP contribution is -2.15. The van der Waals surface area contributed by atoms with Gasteiger partial charge in [-0.25, -0.2) is 0 Å². The van der Waals surface area contributed by atoms with E-state index in [0.717, 1.165) is 47.8 Å². The summed E-state index contributed by atoms with van der Waals surface area (Å²) in [5, 5.41) is 4.23. The highest BCUT2D eigenvalue weighted by molar-refractivity contribution is 6.30. The minimum Gasteiger partial charge on any atom is -0.497 e. The van der Waals surface area contributed by atoms with Crippen molar-refractivity contribution in [1.82, 2.24) is 5.32 Å². The van der Waals surface area contributed by atoms with Gasteiger partial charge in [-0.2, -0.15) is 0 Å². The molecule has 152 valence electrons. The molecule has 0 aliphatic heterocycles. The number of methoxy groups -OCH3 is 1. The predicted molar refractivity (Wildman–Crippen MR) is 120 cm³/mol. The van der Waals surface area contributed by atoms with Crippen molar-refractivity contribution in [2.45, 2.75) is 25.5 Å². The van der Waals surface area contributed by atoms with Crippen LogP contribution in [-0.2, 0) is 11.3 Å². The van der Waals surface area contributed by atoms with Gasteiger partial charge >= 0.3 is 0 Å². The second-order valence-electron chi connectivity index (χ2n) is 6.95. The number of rotatable bonds is 11. The highest BCUT2D eigenvalue weighted by atomic mass is 35.5. The van der Waals surface area contributed by atoms with Crippen LogP contribution in [0.2, 0.25) is 5.02 Å². The third-order valence-electron chi connectivity index (χ3n) is 4.80. The van der Waals surface area contributed by atoms with E-state index >= 15 is 0 Å². The van der Waals surface area contributed by atoms with E-state index in [0.29, 0.717) is 6.61 Å². The number of unbranched alkanes of at least 4 members (excludes halogenated alkanes) is 1. The maximum Gasteiger partial charge on any atom is 0.118 e. The molecular weight excluding hydrogens is 382 g/mol. The summed E-state index contributed by atoms with van der Waals surface area (Å²) in [6.07, 6.45) is 2.01. The molecule has 4 heteroatoms. The molecular formula is C25H28ClNO2. The normalized spacial score (nSPS) is 11.9. The molecule has 0 saturated heterocycles. The zero-order valence-electron chi connectivity index (χ0n) is 16.8. The Bertz CT molecular complexity index is 835. The van der Waals surface area contributed by atoms with E-state index in [-0.39, 0.29) is 6.10 Å². The Morgan fingerprint density at radius 2 is 1.52 bits per heavy atom. The van der Waals surface area contributed by atoms with E-state index in [1.54, 1.807) is 7.11 Å². The summed E-state index contributed by atoms with van der Waals surface area (Å²) in [5.74, 6) is 0.888. The van der Waals surface area contributed by atoms with Crippen molar-refractivity contribution in [3.63, 3.8) is 0 Å². The fourth-order valence-corrected chi connectivity index (χ4v) is 3.31. The zero-order chi connectivity index (χ0) is 20.3. The van der Waals surface area contributed by atoms with Crippen LogP contribution in [0, 0.1) is 0 Å². The van der Waals surface area contributed by atoms with Crippen molar-refractivity contribution >= 4 is 11.6 Å². The van der Waals surface area contributed by atoms with Gasteiger partial charge in [0.15, 0.2) is 0 Å². The Balaban J connectivity index is 1.42. The lowest BCUT2D eigenvalue weighted by atomic mass is 10.0. The van der Waals surface area contributed by atoms with Crippen LogP contribution in [0.3, 0.4) is 0 Å². The third-order valence-corrected chi connectivity index (χ3v) is 5.05. The van der Waals surface area contributed by atoms with Gasteiger partial charge in [-0.1, -0.05) is 66.2 Å². The Hall–Kier alpha value is -2.33. The summed E-state index contributed by atoms with van der Waals surface area (Å²) in [6, 6.07) is 26.4. The van der Waals surface area contributed by atoms with E-state index < -0.39 is 0 Å². The molecule has 0 spiro atoms. The van der Waals surface area contributed by atoms with E-state index in [9.17, 15) is 0 Å². The number of hydrogen-bond donors (Lipinski definition) is 1. The summed E-state index contributed by atoms with van der Waals surface area (Å²) in [5.41, 5.74) is 3.54. The number of ether oxygens (including phenoxy) is 2. The van der Waals surface area contributed by atoms with Crippen molar-refractivity contribution in [3.8, 4) is 5.75 Å². The van der Waals surface area contributed by atoms with Crippen molar-refractivity contribution in [2.24, 2.45) is 0 Å². The van der Waals surface area contributed by atoms with Gasteiger partial charge < -0.3 is 14.8 Å². The van der Waals surface area contributed by atoms with Gasteiger partial charge in [-0.05, 0) is 60.3 Å². The van der Waals surface area contributed by atoms with Crippen molar-refractivity contribution in [1.29, 1.82) is 0 Å². The van der Waals surface area contributed by atoms with Crippen LogP contribution < -0.4 is 10.1 Å². The first-order valence-corrected chi connectivity index (χ1v) is 10.4. The summed E-state index contributed by atoms with van der Waals surface area (Å²) >= 11 is 6.04. The van der Waals surface area contributed by atoms with Crippen LogP contribution in [0.25, 0.3) is 0 Å². The number of benzene rings is 3. The van der Waals surface area contributed by atoms with Crippen molar-refractivity contribution in [2.75, 3.05) is 20.3 Å². The van der Waals surface area contributed by atoms with Crippen LogP contribution in [0.4, 0.5) is 0 Å². The molecule has 0 fully saturated rings. The molecule has 29 heavy (non-hydrogen) atoms. The standard InChI is InChI=1S/C25H28ClNO2/c1-28-24-15-9-20(10-16-24)19-27-17-5-6-18-29-25(21-7-3-2-4-8-21)22-11-13-23(26)14-12-22/h2-4,7-16,25,27H,5-6,17-19H2,1H3. The summed E-state index contributed by atoms with van der Waals surface area (Å²) in [6.45, 7) is 2.54. The highest BCUT2D eigenvalue weighted by Crippen LogP contribution is 2.27. The van der Waals surface area contributed by atoms with E-state index in [1.165, 1.54) is 5.56 Å². The minimum absolute atomic E-state index is 0.0688. The van der Waals surface area contributed by atoms with Gasteiger partial charge in [-0.3, -0.25) is 0 Å². The maximum atomic E-state index is 6.26. The Kier molecular flexibility index (Phi) is 8.57. The summed E-state index contributed by atoms with van der Waals surface area (Å²) in [7, 11) is 1.69. The maximum absolute atomic E-state index is 6.26. The van der Waals surface area contributed by atoms with Gasteiger partial charge in [-0.15, -0.1) is 0 Å². The molecule has 0 bridgehead atoms. The summed E-state index contributed by atoms with van der Waals surface area (Å²) in [4.78, 5) is 0.